The Morgan fingerprint density at radius 1 is 1.17 bits per heavy atom. The molecule has 0 amide bonds. The van der Waals surface area contributed by atoms with Gasteiger partial charge in [-0.1, -0.05) is 58.0 Å². The zero-order chi connectivity index (χ0) is 20.2. The lowest BCUT2D eigenvalue weighted by Gasteiger charge is -2.26. The predicted octanol–water partition coefficient (Wildman–Crippen LogP) is 4.19. The van der Waals surface area contributed by atoms with Crippen molar-refractivity contribution in [2.75, 3.05) is 38.6 Å². The van der Waals surface area contributed by atoms with Crippen LogP contribution in [0.15, 0.2) is 63.0 Å². The molecular weight excluding hydrogens is 450 g/mol. The number of halogens is 1. The highest BCUT2D eigenvalue weighted by Gasteiger charge is 2.19. The van der Waals surface area contributed by atoms with Gasteiger partial charge in [0.2, 0.25) is 0 Å². The topological polar surface area (TPSA) is 47.4 Å². The van der Waals surface area contributed by atoms with Gasteiger partial charge in [0, 0.05) is 29.9 Å². The van der Waals surface area contributed by atoms with Crippen LogP contribution in [0.25, 0.3) is 10.9 Å². The summed E-state index contributed by atoms with van der Waals surface area (Å²) in [5.41, 5.74) is 1.84. The summed E-state index contributed by atoms with van der Waals surface area (Å²) in [4.78, 5) is 20.7. The second-order valence-electron chi connectivity index (χ2n) is 7.12. The molecule has 1 aromatic heterocycles. The van der Waals surface area contributed by atoms with Crippen LogP contribution < -0.4 is 5.56 Å². The predicted molar refractivity (Wildman–Crippen MR) is 122 cm³/mol. The number of benzene rings is 2. The summed E-state index contributed by atoms with van der Waals surface area (Å²) in [6.07, 6.45) is 0. The molecule has 4 rings (SSSR count). The third kappa shape index (κ3) is 4.74. The molecule has 29 heavy (non-hydrogen) atoms. The van der Waals surface area contributed by atoms with Crippen molar-refractivity contribution in [3.63, 3.8) is 0 Å². The van der Waals surface area contributed by atoms with E-state index in [2.05, 4.69) is 39.9 Å². The van der Waals surface area contributed by atoms with Gasteiger partial charge in [-0.3, -0.25) is 14.3 Å². The van der Waals surface area contributed by atoms with Crippen molar-refractivity contribution in [1.29, 1.82) is 0 Å². The number of hydrogen-bond acceptors (Lipinski definition) is 5. The standard InChI is InChI=1S/C22H24BrN3O2S/c1-16(17-5-3-2-4-6-17)26-21(27)19-15-18(23)7-8-20(19)24-22(26)29-14-11-25-9-12-28-13-10-25/h2-8,15-16H,9-14H2,1H3. The highest BCUT2D eigenvalue weighted by molar-refractivity contribution is 9.10. The largest absolute Gasteiger partial charge is 0.379 e. The maximum atomic E-state index is 13.4. The molecule has 152 valence electrons. The molecule has 0 bridgehead atoms. The first-order valence-corrected chi connectivity index (χ1v) is 11.6. The SMILES string of the molecule is CC(c1ccccc1)n1c(SCCN2CCOCC2)nc2ccc(Br)cc2c1=O. The minimum Gasteiger partial charge on any atom is -0.379 e. The Kier molecular flexibility index (Phi) is 6.70. The summed E-state index contributed by atoms with van der Waals surface area (Å²) in [5, 5.41) is 1.41. The molecule has 0 N–H and O–H groups in total. The van der Waals surface area contributed by atoms with Gasteiger partial charge in [0.25, 0.3) is 5.56 Å². The molecule has 0 radical (unpaired) electrons. The van der Waals surface area contributed by atoms with Gasteiger partial charge in [-0.2, -0.15) is 0 Å². The first-order chi connectivity index (χ1) is 14.1. The van der Waals surface area contributed by atoms with Crippen LogP contribution in [0.1, 0.15) is 18.5 Å². The van der Waals surface area contributed by atoms with Crippen molar-refractivity contribution in [3.8, 4) is 0 Å². The summed E-state index contributed by atoms with van der Waals surface area (Å²) in [6, 6.07) is 15.7. The summed E-state index contributed by atoms with van der Waals surface area (Å²) >= 11 is 5.14. The van der Waals surface area contributed by atoms with Gasteiger partial charge in [0.05, 0.1) is 30.2 Å². The van der Waals surface area contributed by atoms with Crippen LogP contribution in [-0.2, 0) is 4.74 Å². The third-order valence-corrected chi connectivity index (χ3v) is 6.67. The van der Waals surface area contributed by atoms with E-state index in [0.29, 0.717) is 5.39 Å². The quantitative estimate of drug-likeness (QED) is 0.396. The number of rotatable bonds is 6. The van der Waals surface area contributed by atoms with Crippen molar-refractivity contribution in [1.82, 2.24) is 14.5 Å². The molecule has 1 fully saturated rings. The first-order valence-electron chi connectivity index (χ1n) is 9.83. The Labute approximate surface area is 183 Å². The maximum absolute atomic E-state index is 13.4. The number of fused-ring (bicyclic) bond motifs is 1. The van der Waals surface area contributed by atoms with Crippen LogP contribution in [0.5, 0.6) is 0 Å². The number of morpholine rings is 1. The van der Waals surface area contributed by atoms with E-state index in [4.69, 9.17) is 9.72 Å². The number of hydrogen-bond donors (Lipinski definition) is 0. The fraction of sp³-hybridized carbons (Fsp3) is 0.364. The number of nitrogens with zero attached hydrogens (tertiary/aromatic N) is 3. The second-order valence-corrected chi connectivity index (χ2v) is 9.10. The Bertz CT molecular complexity index is 1040. The molecule has 1 aliphatic rings. The molecule has 1 atom stereocenters. The molecule has 3 aromatic rings. The molecule has 0 saturated carbocycles. The zero-order valence-corrected chi connectivity index (χ0v) is 18.8. The van der Waals surface area contributed by atoms with Crippen molar-refractivity contribution in [2.45, 2.75) is 18.1 Å². The minimum absolute atomic E-state index is 0.00141. The van der Waals surface area contributed by atoms with Crippen molar-refractivity contribution >= 4 is 38.6 Å². The molecule has 1 aliphatic heterocycles. The summed E-state index contributed by atoms with van der Waals surface area (Å²) in [7, 11) is 0. The van der Waals surface area contributed by atoms with E-state index in [1.165, 1.54) is 0 Å². The lowest BCUT2D eigenvalue weighted by atomic mass is 10.1. The van der Waals surface area contributed by atoms with Gasteiger partial charge in [-0.15, -0.1) is 0 Å². The van der Waals surface area contributed by atoms with Crippen LogP contribution in [0, 0.1) is 0 Å². The maximum Gasteiger partial charge on any atom is 0.262 e. The van der Waals surface area contributed by atoms with Crippen LogP contribution in [0.4, 0.5) is 0 Å². The van der Waals surface area contributed by atoms with E-state index in [-0.39, 0.29) is 11.6 Å². The number of thioether (sulfide) groups is 1. The van der Waals surface area contributed by atoms with Crippen molar-refractivity contribution in [3.05, 3.63) is 68.9 Å². The van der Waals surface area contributed by atoms with Gasteiger partial charge in [-0.05, 0) is 30.7 Å². The number of ether oxygens (including phenoxy) is 1. The van der Waals surface area contributed by atoms with Crippen LogP contribution in [-0.4, -0.2) is 53.1 Å². The summed E-state index contributed by atoms with van der Waals surface area (Å²) in [6.45, 7) is 6.54. The van der Waals surface area contributed by atoms with Gasteiger partial charge >= 0.3 is 0 Å². The van der Waals surface area contributed by atoms with E-state index in [0.717, 1.165) is 59.3 Å². The van der Waals surface area contributed by atoms with Crippen molar-refractivity contribution < 1.29 is 4.74 Å². The van der Waals surface area contributed by atoms with E-state index in [1.54, 1.807) is 11.8 Å². The summed E-state index contributed by atoms with van der Waals surface area (Å²) in [5.74, 6) is 0.885. The fourth-order valence-electron chi connectivity index (χ4n) is 3.57. The molecular formula is C22H24BrN3O2S. The summed E-state index contributed by atoms with van der Waals surface area (Å²) < 4.78 is 8.15. The molecule has 1 unspecified atom stereocenters. The van der Waals surface area contributed by atoms with E-state index >= 15 is 0 Å². The average Bonchev–Trinajstić information content (AvgIpc) is 2.75. The molecule has 0 aliphatic carbocycles. The van der Waals surface area contributed by atoms with Gasteiger partial charge < -0.3 is 4.74 Å². The molecule has 1 saturated heterocycles. The lowest BCUT2D eigenvalue weighted by Crippen LogP contribution is -2.37. The van der Waals surface area contributed by atoms with Gasteiger partial charge in [0.1, 0.15) is 0 Å². The highest BCUT2D eigenvalue weighted by Crippen LogP contribution is 2.26. The Balaban J connectivity index is 1.68. The van der Waals surface area contributed by atoms with Gasteiger partial charge in [-0.25, -0.2) is 4.98 Å². The molecule has 2 aromatic carbocycles. The first kappa shape index (κ1) is 20.6. The third-order valence-electron chi connectivity index (χ3n) is 5.24. The average molecular weight is 474 g/mol. The molecule has 7 heteroatoms. The zero-order valence-electron chi connectivity index (χ0n) is 16.4. The smallest absolute Gasteiger partial charge is 0.262 e. The minimum atomic E-state index is -0.0922. The fourth-order valence-corrected chi connectivity index (χ4v) is 5.00. The van der Waals surface area contributed by atoms with Crippen molar-refractivity contribution in [2.24, 2.45) is 0 Å². The van der Waals surface area contributed by atoms with E-state index < -0.39 is 0 Å². The van der Waals surface area contributed by atoms with Gasteiger partial charge in [0.15, 0.2) is 5.16 Å². The van der Waals surface area contributed by atoms with Crippen LogP contribution in [0.2, 0.25) is 0 Å². The van der Waals surface area contributed by atoms with Crippen LogP contribution in [0.3, 0.4) is 0 Å². The molecule has 2 heterocycles. The normalized spacial score (nSPS) is 16.2. The Morgan fingerprint density at radius 3 is 2.69 bits per heavy atom. The Hall–Kier alpha value is -1.67. The van der Waals surface area contributed by atoms with Crippen LogP contribution >= 0.6 is 27.7 Å². The molecule has 0 spiro atoms. The highest BCUT2D eigenvalue weighted by atomic mass is 79.9. The Morgan fingerprint density at radius 2 is 1.93 bits per heavy atom. The number of aromatic nitrogens is 2. The monoisotopic (exact) mass is 473 g/mol. The molecule has 5 nitrogen and oxygen atoms in total. The lowest BCUT2D eigenvalue weighted by molar-refractivity contribution is 0.0410. The van der Waals surface area contributed by atoms with E-state index in [9.17, 15) is 4.79 Å². The second kappa shape index (κ2) is 9.43. The van der Waals surface area contributed by atoms with E-state index in [1.807, 2.05) is 41.0 Å².